The van der Waals surface area contributed by atoms with Gasteiger partial charge in [-0.1, -0.05) is 35.7 Å². The van der Waals surface area contributed by atoms with E-state index in [-0.39, 0.29) is 11.2 Å². The number of hydrogen-bond acceptors (Lipinski definition) is 8. The Labute approximate surface area is 206 Å². The summed E-state index contributed by atoms with van der Waals surface area (Å²) in [5, 5.41) is 12.2. The minimum Gasteiger partial charge on any atom is -0.378 e. The summed E-state index contributed by atoms with van der Waals surface area (Å²) in [6.07, 6.45) is 0. The average molecular weight is 499 g/mol. The molecule has 1 atom stereocenters. The number of rotatable bonds is 9. The topological polar surface area (TPSA) is 75.9 Å². The van der Waals surface area contributed by atoms with Crippen LogP contribution in [0.3, 0.4) is 0 Å². The number of para-hydroxylation sites is 1. The maximum Gasteiger partial charge on any atom is 0.237 e. The number of thioether (sulfide) groups is 2. The molecule has 172 valence electrons. The zero-order chi connectivity index (χ0) is 23.4. The summed E-state index contributed by atoms with van der Waals surface area (Å²) in [4.78, 5) is 19.4. The van der Waals surface area contributed by atoms with E-state index in [4.69, 9.17) is 0 Å². The first-order valence-corrected chi connectivity index (χ1v) is 13.3. The SMILES string of the molecule is CCn1c(CSc2nc3ccccc3s2)nnc1S[C@H](C)C(=O)Nc1ccc(N(C)C)cc1. The fraction of sp³-hybridized carbons (Fsp3) is 0.304. The predicted molar refractivity (Wildman–Crippen MR) is 140 cm³/mol. The Kier molecular flexibility index (Phi) is 7.56. The predicted octanol–water partition coefficient (Wildman–Crippen LogP) is 5.39. The number of nitrogens with one attached hydrogen (secondary N) is 1. The minimum atomic E-state index is -0.308. The van der Waals surface area contributed by atoms with Gasteiger partial charge in [-0.05, 0) is 50.2 Å². The van der Waals surface area contributed by atoms with Gasteiger partial charge in [0, 0.05) is 32.0 Å². The van der Waals surface area contributed by atoms with Gasteiger partial charge in [-0.25, -0.2) is 4.98 Å². The fourth-order valence-electron chi connectivity index (χ4n) is 3.17. The standard InChI is InChI=1S/C23H26N6OS3/c1-5-29-20(14-31-23-25-18-8-6-7-9-19(18)33-23)26-27-22(29)32-15(2)21(30)24-16-10-12-17(13-11-16)28(3)4/h6-13,15H,5,14H2,1-4H3,(H,24,30)/t15-/m1/s1. The lowest BCUT2D eigenvalue weighted by molar-refractivity contribution is -0.115. The highest BCUT2D eigenvalue weighted by Gasteiger charge is 2.20. The zero-order valence-electron chi connectivity index (χ0n) is 19.0. The van der Waals surface area contributed by atoms with Crippen LogP contribution in [0.15, 0.2) is 58.0 Å². The molecule has 0 spiro atoms. The van der Waals surface area contributed by atoms with E-state index in [9.17, 15) is 4.79 Å². The lowest BCUT2D eigenvalue weighted by atomic mass is 10.2. The van der Waals surface area contributed by atoms with Crippen LogP contribution in [0.25, 0.3) is 10.2 Å². The van der Waals surface area contributed by atoms with Crippen molar-refractivity contribution in [1.29, 1.82) is 0 Å². The summed E-state index contributed by atoms with van der Waals surface area (Å²) >= 11 is 4.78. The van der Waals surface area contributed by atoms with E-state index in [2.05, 4.69) is 38.1 Å². The van der Waals surface area contributed by atoms with Gasteiger partial charge in [0.05, 0.1) is 21.2 Å². The second-order valence-electron chi connectivity index (χ2n) is 7.57. The molecule has 0 aliphatic heterocycles. The molecule has 4 rings (SSSR count). The third kappa shape index (κ3) is 5.69. The Balaban J connectivity index is 1.37. The van der Waals surface area contributed by atoms with Crippen molar-refractivity contribution in [2.24, 2.45) is 0 Å². The van der Waals surface area contributed by atoms with Gasteiger partial charge in [0.1, 0.15) is 5.82 Å². The number of benzene rings is 2. The average Bonchev–Trinajstić information content (AvgIpc) is 3.40. The van der Waals surface area contributed by atoms with E-state index in [1.807, 2.05) is 68.4 Å². The van der Waals surface area contributed by atoms with Crippen molar-refractivity contribution in [1.82, 2.24) is 19.7 Å². The number of thiazole rings is 1. The number of nitrogens with zero attached hydrogens (tertiary/aromatic N) is 5. The monoisotopic (exact) mass is 498 g/mol. The fourth-order valence-corrected chi connectivity index (χ4v) is 6.11. The van der Waals surface area contributed by atoms with Crippen LogP contribution < -0.4 is 10.2 Å². The van der Waals surface area contributed by atoms with E-state index in [0.29, 0.717) is 5.75 Å². The molecule has 1 amide bonds. The molecule has 0 radical (unpaired) electrons. The van der Waals surface area contributed by atoms with Gasteiger partial charge >= 0.3 is 0 Å². The first-order valence-electron chi connectivity index (χ1n) is 10.6. The largest absolute Gasteiger partial charge is 0.378 e. The Hall–Kier alpha value is -2.56. The summed E-state index contributed by atoms with van der Waals surface area (Å²) in [5.74, 6) is 1.50. The van der Waals surface area contributed by atoms with Crippen LogP contribution in [-0.4, -0.2) is 45.0 Å². The highest BCUT2D eigenvalue weighted by Crippen LogP contribution is 2.32. The minimum absolute atomic E-state index is 0.0614. The molecule has 0 saturated carbocycles. The molecule has 0 bridgehead atoms. The number of fused-ring (bicyclic) bond motifs is 1. The molecule has 10 heteroatoms. The number of carbonyl (C=O) groups excluding carboxylic acids is 1. The third-order valence-corrected chi connectivity index (χ3v) is 8.27. The Morgan fingerprint density at radius 3 is 2.61 bits per heavy atom. The summed E-state index contributed by atoms with van der Waals surface area (Å²) in [6, 6.07) is 15.9. The molecule has 2 aromatic carbocycles. The van der Waals surface area contributed by atoms with Crippen LogP contribution in [0.1, 0.15) is 19.7 Å². The quantitative estimate of drug-likeness (QED) is 0.310. The van der Waals surface area contributed by atoms with E-state index in [0.717, 1.165) is 38.8 Å². The summed E-state index contributed by atoms with van der Waals surface area (Å²) in [7, 11) is 3.98. The molecule has 7 nitrogen and oxygen atoms in total. The molecule has 2 aromatic heterocycles. The molecular weight excluding hydrogens is 472 g/mol. The molecule has 1 N–H and O–H groups in total. The van der Waals surface area contributed by atoms with Crippen LogP contribution in [-0.2, 0) is 17.1 Å². The first-order chi connectivity index (χ1) is 15.9. The van der Waals surface area contributed by atoms with Gasteiger partial charge < -0.3 is 14.8 Å². The Morgan fingerprint density at radius 1 is 1.15 bits per heavy atom. The smallest absolute Gasteiger partial charge is 0.237 e. The van der Waals surface area contributed by atoms with Gasteiger partial charge in [0.15, 0.2) is 9.50 Å². The highest BCUT2D eigenvalue weighted by molar-refractivity contribution is 8.00. The van der Waals surface area contributed by atoms with E-state index < -0.39 is 0 Å². The second kappa shape index (κ2) is 10.6. The van der Waals surface area contributed by atoms with Gasteiger partial charge in [-0.3, -0.25) is 4.79 Å². The van der Waals surface area contributed by atoms with Gasteiger partial charge in [-0.15, -0.1) is 21.5 Å². The van der Waals surface area contributed by atoms with Gasteiger partial charge in [0.2, 0.25) is 5.91 Å². The van der Waals surface area contributed by atoms with E-state index in [1.54, 1.807) is 23.1 Å². The number of amides is 1. The van der Waals surface area contributed by atoms with Crippen molar-refractivity contribution in [3.8, 4) is 0 Å². The number of anilines is 2. The van der Waals surface area contributed by atoms with Crippen molar-refractivity contribution in [3.63, 3.8) is 0 Å². The van der Waals surface area contributed by atoms with Crippen LogP contribution >= 0.6 is 34.9 Å². The molecule has 33 heavy (non-hydrogen) atoms. The van der Waals surface area contributed by atoms with E-state index >= 15 is 0 Å². The lowest BCUT2D eigenvalue weighted by Crippen LogP contribution is -2.23. The second-order valence-corrected chi connectivity index (χ2v) is 11.1. The number of carbonyl (C=O) groups is 1. The first kappa shape index (κ1) is 23.6. The number of hydrogen-bond donors (Lipinski definition) is 1. The van der Waals surface area contributed by atoms with Crippen molar-refractivity contribution in [2.45, 2.75) is 40.9 Å². The molecular formula is C23H26N6OS3. The van der Waals surface area contributed by atoms with Gasteiger partial charge in [-0.2, -0.15) is 0 Å². The maximum atomic E-state index is 12.7. The maximum absolute atomic E-state index is 12.7. The van der Waals surface area contributed by atoms with Crippen molar-refractivity contribution in [2.75, 3.05) is 24.3 Å². The summed E-state index contributed by atoms with van der Waals surface area (Å²) in [6.45, 7) is 4.69. The summed E-state index contributed by atoms with van der Waals surface area (Å²) in [5.41, 5.74) is 2.89. The molecule has 0 unspecified atom stereocenters. The lowest BCUT2D eigenvalue weighted by Gasteiger charge is -2.15. The van der Waals surface area contributed by atoms with Crippen LogP contribution in [0, 0.1) is 0 Å². The molecule has 4 aromatic rings. The normalized spacial score (nSPS) is 12.1. The summed E-state index contributed by atoms with van der Waals surface area (Å²) < 4.78 is 4.27. The Bertz CT molecular complexity index is 1200. The Morgan fingerprint density at radius 2 is 1.91 bits per heavy atom. The molecule has 0 aliphatic carbocycles. The molecule has 0 aliphatic rings. The van der Waals surface area contributed by atoms with Crippen molar-refractivity contribution >= 4 is 62.4 Å². The van der Waals surface area contributed by atoms with Crippen LogP contribution in [0.5, 0.6) is 0 Å². The van der Waals surface area contributed by atoms with Crippen molar-refractivity contribution in [3.05, 3.63) is 54.4 Å². The van der Waals surface area contributed by atoms with Crippen LogP contribution in [0.4, 0.5) is 11.4 Å². The van der Waals surface area contributed by atoms with E-state index in [1.165, 1.54) is 16.5 Å². The number of aromatic nitrogens is 4. The highest BCUT2D eigenvalue weighted by atomic mass is 32.2. The molecule has 0 fully saturated rings. The third-order valence-electron chi connectivity index (χ3n) is 5.01. The van der Waals surface area contributed by atoms with Crippen molar-refractivity contribution < 1.29 is 4.79 Å². The van der Waals surface area contributed by atoms with Crippen LogP contribution in [0.2, 0.25) is 0 Å². The molecule has 2 heterocycles. The molecule has 0 saturated heterocycles. The van der Waals surface area contributed by atoms with Gasteiger partial charge in [0.25, 0.3) is 0 Å². The zero-order valence-corrected chi connectivity index (χ0v) is 21.4.